The lowest BCUT2D eigenvalue weighted by Crippen LogP contribution is -2.38. The molecule has 86 valence electrons. The summed E-state index contributed by atoms with van der Waals surface area (Å²) in [5.41, 5.74) is 3.32. The van der Waals surface area contributed by atoms with Crippen LogP contribution in [-0.2, 0) is 0 Å². The summed E-state index contributed by atoms with van der Waals surface area (Å²) in [5, 5.41) is 2.98. The van der Waals surface area contributed by atoms with Gasteiger partial charge in [-0.1, -0.05) is 6.07 Å². The van der Waals surface area contributed by atoms with E-state index in [-0.39, 0.29) is 6.03 Å². The first-order valence-corrected chi connectivity index (χ1v) is 5.69. The number of carbonyl (C=O) groups is 1. The van der Waals surface area contributed by atoms with Gasteiger partial charge in [0, 0.05) is 18.8 Å². The van der Waals surface area contributed by atoms with Gasteiger partial charge in [0.1, 0.15) is 0 Å². The van der Waals surface area contributed by atoms with Crippen LogP contribution in [0.4, 0.5) is 10.5 Å². The van der Waals surface area contributed by atoms with Gasteiger partial charge in [0.15, 0.2) is 0 Å². The zero-order chi connectivity index (χ0) is 11.7. The van der Waals surface area contributed by atoms with Crippen molar-refractivity contribution < 1.29 is 4.79 Å². The molecule has 2 amide bonds. The molecule has 0 saturated heterocycles. The van der Waals surface area contributed by atoms with Gasteiger partial charge in [-0.15, -0.1) is 0 Å². The number of benzene rings is 1. The molecular weight excluding hydrogens is 200 g/mol. The monoisotopic (exact) mass is 218 g/mol. The molecule has 1 aliphatic carbocycles. The number of nitrogens with zero attached hydrogens (tertiary/aromatic N) is 1. The van der Waals surface area contributed by atoms with Crippen molar-refractivity contribution in [3.05, 3.63) is 29.3 Å². The van der Waals surface area contributed by atoms with Crippen molar-refractivity contribution in [2.24, 2.45) is 0 Å². The van der Waals surface area contributed by atoms with Gasteiger partial charge in [-0.2, -0.15) is 0 Å². The van der Waals surface area contributed by atoms with Crippen molar-refractivity contribution in [3.63, 3.8) is 0 Å². The van der Waals surface area contributed by atoms with Gasteiger partial charge in [0.25, 0.3) is 0 Å². The third-order valence-corrected chi connectivity index (χ3v) is 2.80. The smallest absolute Gasteiger partial charge is 0.321 e. The van der Waals surface area contributed by atoms with Gasteiger partial charge in [-0.3, -0.25) is 4.90 Å². The summed E-state index contributed by atoms with van der Waals surface area (Å²) in [6, 6.07) is 6.56. The van der Waals surface area contributed by atoms with E-state index in [1.165, 1.54) is 11.1 Å². The first-order chi connectivity index (χ1) is 7.56. The number of hydrogen-bond acceptors (Lipinski definition) is 1. The van der Waals surface area contributed by atoms with Crippen molar-refractivity contribution in [1.82, 2.24) is 5.32 Å². The molecule has 0 unspecified atom stereocenters. The SMILES string of the molecule is Cc1cc(C)cc(N(C)C(=O)NC2CC2)c1. The lowest BCUT2D eigenvalue weighted by molar-refractivity contribution is 0.247. The second-order valence-electron chi connectivity index (χ2n) is 4.63. The van der Waals surface area contributed by atoms with Crippen LogP contribution in [-0.4, -0.2) is 19.1 Å². The number of amides is 2. The molecule has 16 heavy (non-hydrogen) atoms. The molecule has 1 fully saturated rings. The normalized spacial score (nSPS) is 14.7. The Balaban J connectivity index is 2.11. The molecular formula is C13H18N2O. The summed E-state index contributed by atoms with van der Waals surface area (Å²) >= 11 is 0. The zero-order valence-corrected chi connectivity index (χ0v) is 10.1. The molecule has 0 atom stereocenters. The van der Waals surface area contributed by atoms with E-state index in [9.17, 15) is 4.79 Å². The first kappa shape index (κ1) is 11.0. The van der Waals surface area contributed by atoms with E-state index >= 15 is 0 Å². The van der Waals surface area contributed by atoms with Crippen molar-refractivity contribution in [2.75, 3.05) is 11.9 Å². The summed E-state index contributed by atoms with van der Waals surface area (Å²) < 4.78 is 0. The number of nitrogens with one attached hydrogen (secondary N) is 1. The zero-order valence-electron chi connectivity index (χ0n) is 10.1. The molecule has 0 spiro atoms. The highest BCUT2D eigenvalue weighted by molar-refractivity contribution is 5.91. The molecule has 0 aliphatic heterocycles. The molecule has 0 heterocycles. The van der Waals surface area contributed by atoms with Crippen LogP contribution in [0.25, 0.3) is 0 Å². The molecule has 3 heteroatoms. The molecule has 0 bridgehead atoms. The van der Waals surface area contributed by atoms with Gasteiger partial charge in [-0.05, 0) is 49.9 Å². The Hall–Kier alpha value is -1.51. The van der Waals surface area contributed by atoms with Crippen LogP contribution < -0.4 is 10.2 Å². The van der Waals surface area contributed by atoms with Crippen LogP contribution in [0, 0.1) is 13.8 Å². The van der Waals surface area contributed by atoms with Crippen LogP contribution in [0.1, 0.15) is 24.0 Å². The molecule has 1 saturated carbocycles. The number of carbonyl (C=O) groups excluding carboxylic acids is 1. The van der Waals surface area contributed by atoms with E-state index in [1.54, 1.807) is 4.90 Å². The quantitative estimate of drug-likeness (QED) is 0.813. The standard InChI is InChI=1S/C13H18N2O/c1-9-6-10(2)8-12(7-9)15(3)13(16)14-11-4-5-11/h6-8,11H,4-5H2,1-3H3,(H,14,16). The molecule has 1 aromatic rings. The van der Waals surface area contributed by atoms with Crippen molar-refractivity contribution in [3.8, 4) is 0 Å². The minimum absolute atomic E-state index is 0.00694. The Bertz CT molecular complexity index is 390. The number of hydrogen-bond donors (Lipinski definition) is 1. The predicted molar refractivity (Wildman–Crippen MR) is 65.9 cm³/mol. The fraction of sp³-hybridized carbons (Fsp3) is 0.462. The van der Waals surface area contributed by atoms with Crippen LogP contribution >= 0.6 is 0 Å². The number of urea groups is 1. The second-order valence-corrected chi connectivity index (χ2v) is 4.63. The third kappa shape index (κ3) is 2.54. The van der Waals surface area contributed by atoms with Gasteiger partial charge >= 0.3 is 6.03 Å². The maximum Gasteiger partial charge on any atom is 0.321 e. The van der Waals surface area contributed by atoms with Crippen LogP contribution in [0.3, 0.4) is 0 Å². The van der Waals surface area contributed by atoms with Crippen molar-refractivity contribution in [2.45, 2.75) is 32.7 Å². The maximum absolute atomic E-state index is 11.8. The minimum Gasteiger partial charge on any atom is -0.335 e. The van der Waals surface area contributed by atoms with E-state index in [0.29, 0.717) is 6.04 Å². The average molecular weight is 218 g/mol. The summed E-state index contributed by atoms with van der Waals surface area (Å²) in [6.07, 6.45) is 2.23. The summed E-state index contributed by atoms with van der Waals surface area (Å²) in [7, 11) is 1.81. The van der Waals surface area contributed by atoms with Gasteiger partial charge in [0.05, 0.1) is 0 Å². The summed E-state index contributed by atoms with van der Waals surface area (Å²) in [6.45, 7) is 4.09. The third-order valence-electron chi connectivity index (χ3n) is 2.80. The fourth-order valence-electron chi connectivity index (χ4n) is 1.76. The minimum atomic E-state index is -0.00694. The highest BCUT2D eigenvalue weighted by atomic mass is 16.2. The Morgan fingerprint density at radius 1 is 1.25 bits per heavy atom. The summed E-state index contributed by atoms with van der Waals surface area (Å²) in [4.78, 5) is 13.5. The van der Waals surface area contributed by atoms with E-state index in [0.717, 1.165) is 18.5 Å². The Kier molecular flexibility index (Phi) is 2.86. The predicted octanol–water partition coefficient (Wildman–Crippen LogP) is 2.61. The van der Waals surface area contributed by atoms with Gasteiger partial charge in [0.2, 0.25) is 0 Å². The van der Waals surface area contributed by atoms with E-state index in [1.807, 2.05) is 33.0 Å². The molecule has 1 aliphatic rings. The second kappa shape index (κ2) is 4.16. The first-order valence-electron chi connectivity index (χ1n) is 5.69. The largest absolute Gasteiger partial charge is 0.335 e. The van der Waals surface area contributed by atoms with Crippen LogP contribution in [0.5, 0.6) is 0 Å². The highest BCUT2D eigenvalue weighted by Crippen LogP contribution is 2.21. The van der Waals surface area contributed by atoms with Crippen LogP contribution in [0.2, 0.25) is 0 Å². The average Bonchev–Trinajstić information content (AvgIpc) is 2.99. The van der Waals surface area contributed by atoms with E-state index in [2.05, 4.69) is 11.4 Å². The molecule has 3 nitrogen and oxygen atoms in total. The van der Waals surface area contributed by atoms with Crippen molar-refractivity contribution >= 4 is 11.7 Å². The molecule has 1 aromatic carbocycles. The van der Waals surface area contributed by atoms with Crippen molar-refractivity contribution in [1.29, 1.82) is 0 Å². The number of aryl methyl sites for hydroxylation is 2. The molecule has 2 rings (SSSR count). The van der Waals surface area contributed by atoms with E-state index < -0.39 is 0 Å². The Morgan fingerprint density at radius 2 is 1.81 bits per heavy atom. The van der Waals surface area contributed by atoms with Gasteiger partial charge < -0.3 is 5.32 Å². The number of anilines is 1. The van der Waals surface area contributed by atoms with Gasteiger partial charge in [-0.25, -0.2) is 4.79 Å². The topological polar surface area (TPSA) is 32.3 Å². The lowest BCUT2D eigenvalue weighted by atomic mass is 10.1. The highest BCUT2D eigenvalue weighted by Gasteiger charge is 2.25. The van der Waals surface area contributed by atoms with E-state index in [4.69, 9.17) is 0 Å². The van der Waals surface area contributed by atoms with Crippen LogP contribution in [0.15, 0.2) is 18.2 Å². The maximum atomic E-state index is 11.8. The molecule has 0 radical (unpaired) electrons. The Labute approximate surface area is 96.5 Å². The molecule has 0 aromatic heterocycles. The molecule has 1 N–H and O–H groups in total. The summed E-state index contributed by atoms with van der Waals surface area (Å²) in [5.74, 6) is 0. The lowest BCUT2D eigenvalue weighted by Gasteiger charge is -2.19. The number of rotatable bonds is 2. The Morgan fingerprint density at radius 3 is 2.31 bits per heavy atom. The fourth-order valence-corrected chi connectivity index (χ4v) is 1.76.